The zero-order chi connectivity index (χ0) is 22.8. The number of nitrogens with one attached hydrogen (secondary N) is 1. The van der Waals surface area contributed by atoms with Crippen molar-refractivity contribution in [3.63, 3.8) is 0 Å². The van der Waals surface area contributed by atoms with Gasteiger partial charge in [-0.15, -0.1) is 11.3 Å². The first kappa shape index (κ1) is 21.8. The molecule has 0 unspecified atom stereocenters. The van der Waals surface area contributed by atoms with Crippen molar-refractivity contribution in [2.24, 2.45) is 5.73 Å². The Morgan fingerprint density at radius 2 is 1.78 bits per heavy atom. The first-order chi connectivity index (χ1) is 15.3. The topological polar surface area (TPSA) is 90.0 Å². The summed E-state index contributed by atoms with van der Waals surface area (Å²) < 4.78 is 1.75. The van der Waals surface area contributed by atoms with E-state index in [2.05, 4.69) is 5.32 Å². The summed E-state index contributed by atoms with van der Waals surface area (Å²) >= 11 is 7.39. The van der Waals surface area contributed by atoms with E-state index >= 15 is 0 Å². The van der Waals surface area contributed by atoms with E-state index < -0.39 is 5.91 Å². The molecule has 2 aromatic heterocycles. The molecule has 4 aromatic rings. The van der Waals surface area contributed by atoms with Crippen LogP contribution >= 0.6 is 22.9 Å². The van der Waals surface area contributed by atoms with Gasteiger partial charge in [-0.1, -0.05) is 41.9 Å². The maximum absolute atomic E-state index is 12.9. The lowest BCUT2D eigenvalue weighted by Gasteiger charge is -2.06. The lowest BCUT2D eigenvalue weighted by atomic mass is 10.1. The van der Waals surface area contributed by atoms with Gasteiger partial charge in [0.15, 0.2) is 0 Å². The number of aromatic nitrogens is 2. The highest BCUT2D eigenvalue weighted by Gasteiger charge is 2.21. The fraction of sp³-hybridized carbons (Fsp3) is 0.125. The molecule has 3 N–H and O–H groups in total. The molecule has 0 bridgehead atoms. The first-order valence-electron chi connectivity index (χ1n) is 9.93. The van der Waals surface area contributed by atoms with Gasteiger partial charge >= 0.3 is 0 Å². The number of nitrogens with zero attached hydrogens (tertiary/aromatic N) is 2. The van der Waals surface area contributed by atoms with Crippen LogP contribution in [-0.4, -0.2) is 21.6 Å². The molecule has 6 nitrogen and oxygen atoms in total. The summed E-state index contributed by atoms with van der Waals surface area (Å²) in [6, 6.07) is 17.0. The highest BCUT2D eigenvalue weighted by atomic mass is 35.5. The third kappa shape index (κ3) is 4.44. The van der Waals surface area contributed by atoms with Crippen LogP contribution in [0.25, 0.3) is 16.9 Å². The number of carbonyl (C=O) groups is 2. The Kier molecular flexibility index (Phi) is 6.12. The van der Waals surface area contributed by atoms with Crippen molar-refractivity contribution in [1.82, 2.24) is 9.78 Å². The number of rotatable bonds is 6. The Morgan fingerprint density at radius 3 is 2.44 bits per heavy atom. The van der Waals surface area contributed by atoms with Crippen molar-refractivity contribution < 1.29 is 9.59 Å². The summed E-state index contributed by atoms with van der Waals surface area (Å²) in [4.78, 5) is 25.8. The van der Waals surface area contributed by atoms with Crippen molar-refractivity contribution in [3.05, 3.63) is 87.4 Å². The predicted molar refractivity (Wildman–Crippen MR) is 129 cm³/mol. The number of anilines is 1. The van der Waals surface area contributed by atoms with Gasteiger partial charge in [-0.25, -0.2) is 4.68 Å². The van der Waals surface area contributed by atoms with E-state index in [1.807, 2.05) is 62.5 Å². The Bertz CT molecular complexity index is 1290. The second-order valence-electron chi connectivity index (χ2n) is 7.37. The van der Waals surface area contributed by atoms with Crippen molar-refractivity contribution in [1.29, 1.82) is 0 Å². The number of carbonyl (C=O) groups excluding carboxylic acids is 2. The second kappa shape index (κ2) is 8.98. The standard InChI is InChI=1S/C24H21ClN4O2S/c1-14-15(2)32-24(21(14)23(26)31)27-20(30)12-17-13-29(19-6-4-3-5-7-19)28-22(17)16-8-10-18(25)11-9-16/h3-11,13H,12H2,1-2H3,(H2,26,31)(H,27,30). The van der Waals surface area contributed by atoms with Gasteiger partial charge in [0.25, 0.3) is 5.91 Å². The van der Waals surface area contributed by atoms with Crippen LogP contribution in [0, 0.1) is 13.8 Å². The number of primary amides is 1. The normalized spacial score (nSPS) is 10.8. The van der Waals surface area contributed by atoms with Crippen LogP contribution in [0.1, 0.15) is 26.4 Å². The molecule has 0 fully saturated rings. The Morgan fingerprint density at radius 1 is 1.09 bits per heavy atom. The molecule has 0 aliphatic rings. The van der Waals surface area contributed by atoms with Gasteiger partial charge in [0.1, 0.15) is 5.00 Å². The average Bonchev–Trinajstić information content (AvgIpc) is 3.30. The van der Waals surface area contributed by atoms with Gasteiger partial charge in [-0.3, -0.25) is 9.59 Å². The molecule has 2 aromatic carbocycles. The van der Waals surface area contributed by atoms with Crippen molar-refractivity contribution >= 4 is 39.8 Å². The number of amides is 2. The summed E-state index contributed by atoms with van der Waals surface area (Å²) in [5.41, 5.74) is 9.85. The number of aryl methyl sites for hydroxylation is 1. The van der Waals surface area contributed by atoms with Crippen LogP contribution in [0.5, 0.6) is 0 Å². The molecule has 0 aliphatic heterocycles. The summed E-state index contributed by atoms with van der Waals surface area (Å²) in [5.74, 6) is -0.808. The van der Waals surface area contributed by atoms with Crippen molar-refractivity contribution in [3.8, 4) is 16.9 Å². The number of hydrogen-bond acceptors (Lipinski definition) is 4. The van der Waals surface area contributed by atoms with Crippen molar-refractivity contribution in [2.75, 3.05) is 5.32 Å². The molecule has 4 rings (SSSR count). The van der Waals surface area contributed by atoms with E-state index in [9.17, 15) is 9.59 Å². The van der Waals surface area contributed by atoms with Crippen LogP contribution < -0.4 is 11.1 Å². The van der Waals surface area contributed by atoms with E-state index in [4.69, 9.17) is 22.4 Å². The molecular formula is C24H21ClN4O2S. The van der Waals surface area contributed by atoms with Gasteiger partial charge in [-0.05, 0) is 43.7 Å². The molecule has 8 heteroatoms. The third-order valence-electron chi connectivity index (χ3n) is 5.16. The van der Waals surface area contributed by atoms with E-state index in [1.165, 1.54) is 11.3 Å². The van der Waals surface area contributed by atoms with E-state index in [1.54, 1.807) is 16.8 Å². The van der Waals surface area contributed by atoms with Gasteiger partial charge in [-0.2, -0.15) is 5.10 Å². The SMILES string of the molecule is Cc1sc(NC(=O)Cc2cn(-c3ccccc3)nc2-c2ccc(Cl)cc2)c(C(N)=O)c1C. The van der Waals surface area contributed by atoms with E-state index in [0.717, 1.165) is 27.3 Å². The number of benzene rings is 2. The van der Waals surface area contributed by atoms with Gasteiger partial charge in [0.2, 0.25) is 5.91 Å². The first-order valence-corrected chi connectivity index (χ1v) is 11.1. The van der Waals surface area contributed by atoms with Gasteiger partial charge in [0.05, 0.1) is 23.4 Å². The number of nitrogens with two attached hydrogens (primary N) is 1. The molecule has 0 spiro atoms. The maximum Gasteiger partial charge on any atom is 0.251 e. The highest BCUT2D eigenvalue weighted by molar-refractivity contribution is 7.16. The molecule has 162 valence electrons. The van der Waals surface area contributed by atoms with Crippen LogP contribution in [0.15, 0.2) is 60.8 Å². The lowest BCUT2D eigenvalue weighted by molar-refractivity contribution is -0.115. The second-order valence-corrected chi connectivity index (χ2v) is 9.03. The lowest BCUT2D eigenvalue weighted by Crippen LogP contribution is -2.18. The number of halogens is 1. The zero-order valence-electron chi connectivity index (χ0n) is 17.6. The molecule has 2 heterocycles. The minimum Gasteiger partial charge on any atom is -0.365 e. The molecule has 0 radical (unpaired) electrons. The summed E-state index contributed by atoms with van der Waals surface area (Å²) in [6.07, 6.45) is 1.93. The fourth-order valence-electron chi connectivity index (χ4n) is 3.46. The summed E-state index contributed by atoms with van der Waals surface area (Å²) in [7, 11) is 0. The Balaban J connectivity index is 1.67. The molecule has 32 heavy (non-hydrogen) atoms. The monoisotopic (exact) mass is 464 g/mol. The Hall–Kier alpha value is -3.42. The molecule has 2 amide bonds. The van der Waals surface area contributed by atoms with Crippen LogP contribution in [0.3, 0.4) is 0 Å². The minimum absolute atomic E-state index is 0.0823. The Labute approximate surface area is 194 Å². The summed E-state index contributed by atoms with van der Waals surface area (Å²) in [5, 5.41) is 8.68. The van der Waals surface area contributed by atoms with Crippen LogP contribution in [0.2, 0.25) is 5.02 Å². The predicted octanol–water partition coefficient (Wildman–Crippen LogP) is 5.15. The molecule has 0 saturated carbocycles. The summed E-state index contributed by atoms with van der Waals surface area (Å²) in [6.45, 7) is 3.72. The number of para-hydroxylation sites is 1. The van der Waals surface area contributed by atoms with Gasteiger partial charge in [0, 0.05) is 27.2 Å². The molecule has 0 saturated heterocycles. The van der Waals surface area contributed by atoms with Crippen LogP contribution in [-0.2, 0) is 11.2 Å². The van der Waals surface area contributed by atoms with Crippen molar-refractivity contribution in [2.45, 2.75) is 20.3 Å². The minimum atomic E-state index is -0.555. The third-order valence-corrected chi connectivity index (χ3v) is 6.54. The average molecular weight is 465 g/mol. The fourth-order valence-corrected chi connectivity index (χ4v) is 4.67. The number of hydrogen-bond donors (Lipinski definition) is 2. The largest absolute Gasteiger partial charge is 0.365 e. The van der Waals surface area contributed by atoms with Gasteiger partial charge < -0.3 is 11.1 Å². The van der Waals surface area contributed by atoms with E-state index in [0.29, 0.717) is 21.3 Å². The maximum atomic E-state index is 12.9. The van der Waals surface area contributed by atoms with Crippen LogP contribution in [0.4, 0.5) is 5.00 Å². The number of thiophene rings is 1. The smallest absolute Gasteiger partial charge is 0.251 e. The quantitative estimate of drug-likeness (QED) is 0.413. The molecular weight excluding hydrogens is 444 g/mol. The highest BCUT2D eigenvalue weighted by Crippen LogP contribution is 2.32. The molecule has 0 atom stereocenters. The zero-order valence-corrected chi connectivity index (χ0v) is 19.1. The molecule has 0 aliphatic carbocycles. The van der Waals surface area contributed by atoms with E-state index in [-0.39, 0.29) is 12.3 Å².